The quantitative estimate of drug-likeness (QED) is 0.466. The number of nitrogens with zero attached hydrogens (tertiary/aromatic N) is 1. The Kier molecular flexibility index (Phi) is 4.92. The number of hydrogen-bond acceptors (Lipinski definition) is 3. The molecule has 3 heteroatoms. The summed E-state index contributed by atoms with van der Waals surface area (Å²) >= 11 is 1.96. The Morgan fingerprint density at radius 1 is 1.00 bits per heavy atom. The molecule has 0 bridgehead atoms. The Morgan fingerprint density at radius 3 is 2.66 bits per heavy atom. The molecule has 2 aliphatic rings. The first-order chi connectivity index (χ1) is 14.2. The summed E-state index contributed by atoms with van der Waals surface area (Å²) in [5.41, 5.74) is 7.81. The van der Waals surface area contributed by atoms with Gasteiger partial charge in [0, 0.05) is 16.1 Å². The number of hydrogen-bond donors (Lipinski definition) is 0. The highest BCUT2D eigenvalue weighted by molar-refractivity contribution is 7.99. The second-order valence-corrected chi connectivity index (χ2v) is 9.12. The second-order valence-electron chi connectivity index (χ2n) is 7.94. The summed E-state index contributed by atoms with van der Waals surface area (Å²) in [5, 5.41) is 0.342. The van der Waals surface area contributed by atoms with Crippen molar-refractivity contribution in [2.24, 2.45) is 10.9 Å². The number of fused-ring (bicyclic) bond motifs is 4. The predicted molar refractivity (Wildman–Crippen MR) is 122 cm³/mol. The average molecular weight is 400 g/mol. The van der Waals surface area contributed by atoms with Gasteiger partial charge in [-0.25, -0.2) is 0 Å². The van der Waals surface area contributed by atoms with E-state index in [0.717, 1.165) is 24.3 Å². The van der Waals surface area contributed by atoms with E-state index < -0.39 is 0 Å². The molecule has 2 nitrogen and oxygen atoms in total. The van der Waals surface area contributed by atoms with Crippen LogP contribution in [0.3, 0.4) is 0 Å². The monoisotopic (exact) mass is 399 g/mol. The Bertz CT molecular complexity index is 1070. The third-order valence-electron chi connectivity index (χ3n) is 6.02. The molecule has 0 spiro atoms. The third-order valence-corrected chi connectivity index (χ3v) is 7.48. The van der Waals surface area contributed by atoms with Crippen LogP contribution in [0.2, 0.25) is 0 Å². The summed E-state index contributed by atoms with van der Waals surface area (Å²) in [6.45, 7) is 2.18. The van der Waals surface area contributed by atoms with Crippen LogP contribution in [0, 0.1) is 12.8 Å². The maximum Gasteiger partial charge on any atom is 0.118 e. The SMILES string of the molecule is COc1ccc(C2Sc3ccccc3N=C3c4cc(C)ccc4CCCC32)cc1. The van der Waals surface area contributed by atoms with E-state index in [1.54, 1.807) is 7.11 Å². The fourth-order valence-electron chi connectivity index (χ4n) is 4.53. The van der Waals surface area contributed by atoms with Gasteiger partial charge >= 0.3 is 0 Å². The van der Waals surface area contributed by atoms with Crippen LogP contribution in [-0.2, 0) is 6.42 Å². The lowest BCUT2D eigenvalue weighted by Gasteiger charge is -2.26. The molecule has 0 aromatic heterocycles. The Labute approximate surface area is 177 Å². The number of benzene rings is 3. The van der Waals surface area contributed by atoms with Crippen molar-refractivity contribution in [1.29, 1.82) is 0 Å². The number of thioether (sulfide) groups is 1. The molecule has 1 aliphatic carbocycles. The smallest absolute Gasteiger partial charge is 0.118 e. The minimum absolute atomic E-state index is 0.342. The molecule has 2 atom stereocenters. The van der Waals surface area contributed by atoms with Gasteiger partial charge in [-0.1, -0.05) is 42.0 Å². The van der Waals surface area contributed by atoms with Gasteiger partial charge in [-0.3, -0.25) is 4.99 Å². The molecular formula is C26H25NOS. The Balaban J connectivity index is 1.69. The summed E-state index contributed by atoms with van der Waals surface area (Å²) in [6, 6.07) is 24.1. The van der Waals surface area contributed by atoms with Gasteiger partial charge in [0.05, 0.1) is 18.5 Å². The normalized spacial score (nSPS) is 20.4. The number of rotatable bonds is 2. The number of para-hydroxylation sites is 1. The zero-order valence-corrected chi connectivity index (χ0v) is 17.7. The molecule has 0 saturated heterocycles. The predicted octanol–water partition coefficient (Wildman–Crippen LogP) is 6.92. The van der Waals surface area contributed by atoms with E-state index in [9.17, 15) is 0 Å². The van der Waals surface area contributed by atoms with E-state index in [2.05, 4.69) is 73.7 Å². The Morgan fingerprint density at radius 2 is 1.83 bits per heavy atom. The first kappa shape index (κ1) is 18.5. The molecule has 2 unspecified atom stereocenters. The highest BCUT2D eigenvalue weighted by Gasteiger charge is 2.34. The van der Waals surface area contributed by atoms with E-state index in [0.29, 0.717) is 11.2 Å². The van der Waals surface area contributed by atoms with Gasteiger partial charge in [0.25, 0.3) is 0 Å². The molecule has 0 fully saturated rings. The van der Waals surface area contributed by atoms with Gasteiger partial charge < -0.3 is 4.74 Å². The lowest BCUT2D eigenvalue weighted by molar-refractivity contribution is 0.414. The van der Waals surface area contributed by atoms with E-state index in [-0.39, 0.29) is 0 Å². The van der Waals surface area contributed by atoms with Crippen LogP contribution < -0.4 is 4.74 Å². The van der Waals surface area contributed by atoms with Crippen molar-refractivity contribution in [3.63, 3.8) is 0 Å². The van der Waals surface area contributed by atoms with Crippen molar-refractivity contribution >= 4 is 23.2 Å². The topological polar surface area (TPSA) is 21.6 Å². The van der Waals surface area contributed by atoms with Crippen molar-refractivity contribution in [1.82, 2.24) is 0 Å². The van der Waals surface area contributed by atoms with Crippen molar-refractivity contribution in [2.75, 3.05) is 7.11 Å². The van der Waals surface area contributed by atoms with Crippen LogP contribution in [0.25, 0.3) is 0 Å². The number of aryl methyl sites for hydroxylation is 2. The van der Waals surface area contributed by atoms with Gasteiger partial charge in [-0.15, -0.1) is 11.8 Å². The van der Waals surface area contributed by atoms with Crippen LogP contribution in [0.15, 0.2) is 76.6 Å². The summed E-state index contributed by atoms with van der Waals surface area (Å²) < 4.78 is 5.39. The fraction of sp³-hybridized carbons (Fsp3) is 0.269. The molecular weight excluding hydrogens is 374 g/mol. The van der Waals surface area contributed by atoms with E-state index in [1.807, 2.05) is 11.8 Å². The number of aliphatic imine (C=N–C) groups is 1. The number of methoxy groups -OCH3 is 1. The number of ether oxygens (including phenoxy) is 1. The Hall–Kier alpha value is -2.52. The standard InChI is InChI=1S/C26H25NOS/c1-17-10-11-18-6-5-7-21-25(22(18)16-17)27-23-8-3-4-9-24(23)29-26(21)19-12-14-20(28-2)15-13-19/h3-4,8-16,21,26H,5-7H2,1-2H3. The molecule has 1 aliphatic heterocycles. The van der Waals surface area contributed by atoms with E-state index in [1.165, 1.54) is 39.3 Å². The lowest BCUT2D eigenvalue weighted by Crippen LogP contribution is -2.20. The summed E-state index contributed by atoms with van der Waals surface area (Å²) in [6.07, 6.45) is 3.49. The molecule has 3 aromatic carbocycles. The van der Waals surface area contributed by atoms with E-state index >= 15 is 0 Å². The fourth-order valence-corrected chi connectivity index (χ4v) is 5.91. The second kappa shape index (κ2) is 7.72. The highest BCUT2D eigenvalue weighted by atomic mass is 32.2. The van der Waals surface area contributed by atoms with Gasteiger partial charge in [0.2, 0.25) is 0 Å². The first-order valence-corrected chi connectivity index (χ1v) is 11.2. The molecule has 0 radical (unpaired) electrons. The maximum absolute atomic E-state index is 5.39. The molecule has 3 aromatic rings. The summed E-state index contributed by atoms with van der Waals surface area (Å²) in [5.74, 6) is 1.30. The van der Waals surface area contributed by atoms with Crippen LogP contribution in [0.4, 0.5) is 5.69 Å². The van der Waals surface area contributed by atoms with Crippen LogP contribution in [0.5, 0.6) is 5.75 Å². The molecule has 146 valence electrons. The third kappa shape index (κ3) is 3.49. The van der Waals surface area contributed by atoms with E-state index in [4.69, 9.17) is 9.73 Å². The van der Waals surface area contributed by atoms with Crippen LogP contribution in [-0.4, -0.2) is 12.8 Å². The van der Waals surface area contributed by atoms with Crippen molar-refractivity contribution in [3.8, 4) is 5.75 Å². The minimum atomic E-state index is 0.342. The van der Waals surface area contributed by atoms with Gasteiger partial charge in [-0.2, -0.15) is 0 Å². The molecule has 5 rings (SSSR count). The van der Waals surface area contributed by atoms with Gasteiger partial charge in [0.15, 0.2) is 0 Å². The molecule has 0 amide bonds. The molecule has 1 heterocycles. The summed E-state index contributed by atoms with van der Waals surface area (Å²) in [7, 11) is 1.72. The lowest BCUT2D eigenvalue weighted by atomic mass is 9.87. The maximum atomic E-state index is 5.39. The first-order valence-electron chi connectivity index (χ1n) is 10.3. The minimum Gasteiger partial charge on any atom is -0.497 e. The van der Waals surface area contributed by atoms with Crippen molar-refractivity contribution in [2.45, 2.75) is 36.3 Å². The zero-order valence-electron chi connectivity index (χ0n) is 16.9. The van der Waals surface area contributed by atoms with Crippen LogP contribution >= 0.6 is 11.8 Å². The zero-order chi connectivity index (χ0) is 19.8. The molecule has 0 N–H and O–H groups in total. The van der Waals surface area contributed by atoms with Gasteiger partial charge in [0.1, 0.15) is 5.75 Å². The molecule has 0 saturated carbocycles. The van der Waals surface area contributed by atoms with Crippen molar-refractivity contribution in [3.05, 3.63) is 89.0 Å². The largest absolute Gasteiger partial charge is 0.497 e. The summed E-state index contributed by atoms with van der Waals surface area (Å²) in [4.78, 5) is 6.55. The average Bonchev–Trinajstić information content (AvgIpc) is 3.02. The van der Waals surface area contributed by atoms with Gasteiger partial charge in [-0.05, 0) is 73.2 Å². The van der Waals surface area contributed by atoms with Crippen molar-refractivity contribution < 1.29 is 4.74 Å². The van der Waals surface area contributed by atoms with Crippen LogP contribution in [0.1, 0.15) is 40.3 Å². The molecule has 29 heavy (non-hydrogen) atoms. The highest BCUT2D eigenvalue weighted by Crippen LogP contribution is 2.50.